The number of morpholine rings is 1. The van der Waals surface area contributed by atoms with E-state index in [9.17, 15) is 4.79 Å². The van der Waals surface area contributed by atoms with Gasteiger partial charge in [0.2, 0.25) is 5.91 Å². The van der Waals surface area contributed by atoms with E-state index in [4.69, 9.17) is 4.74 Å². The lowest BCUT2D eigenvalue weighted by Gasteiger charge is -2.41. The van der Waals surface area contributed by atoms with E-state index in [1.165, 1.54) is 5.56 Å². The Balaban J connectivity index is 1.47. The molecule has 1 aromatic heterocycles. The Morgan fingerprint density at radius 3 is 2.52 bits per heavy atom. The number of aromatic nitrogens is 2. The Morgan fingerprint density at radius 1 is 1.29 bits per heavy atom. The molecule has 0 radical (unpaired) electrons. The summed E-state index contributed by atoms with van der Waals surface area (Å²) in [6.45, 7) is 9.83. The number of rotatable bonds is 3. The van der Waals surface area contributed by atoms with Crippen molar-refractivity contribution < 1.29 is 9.53 Å². The molecule has 2 saturated heterocycles. The number of amides is 1. The monoisotopic (exact) mass is 292 g/mol. The minimum absolute atomic E-state index is 0.133. The van der Waals surface area contributed by atoms with Crippen molar-refractivity contribution in [3.05, 3.63) is 18.0 Å². The van der Waals surface area contributed by atoms with Gasteiger partial charge in [0.15, 0.2) is 0 Å². The molecule has 0 spiro atoms. The fourth-order valence-corrected chi connectivity index (χ4v) is 3.14. The van der Waals surface area contributed by atoms with Crippen molar-refractivity contribution in [1.82, 2.24) is 19.6 Å². The fourth-order valence-electron chi connectivity index (χ4n) is 3.14. The van der Waals surface area contributed by atoms with E-state index < -0.39 is 0 Å². The molecule has 0 aliphatic carbocycles. The molecule has 2 aliphatic rings. The maximum Gasteiger partial charge on any atom is 0.236 e. The number of ether oxygens (including phenoxy) is 1. The summed E-state index contributed by atoms with van der Waals surface area (Å²) in [5, 5.41) is 4.34. The second kappa shape index (κ2) is 5.77. The molecule has 6 nitrogen and oxygen atoms in total. The first-order valence-corrected chi connectivity index (χ1v) is 7.67. The third-order valence-corrected chi connectivity index (χ3v) is 4.17. The average molecular weight is 292 g/mol. The first kappa shape index (κ1) is 14.5. The van der Waals surface area contributed by atoms with Crippen molar-refractivity contribution in [1.29, 1.82) is 0 Å². The van der Waals surface area contributed by atoms with Gasteiger partial charge in [-0.05, 0) is 26.3 Å². The summed E-state index contributed by atoms with van der Waals surface area (Å²) < 4.78 is 7.68. The van der Waals surface area contributed by atoms with Crippen molar-refractivity contribution in [3.8, 4) is 0 Å². The minimum Gasteiger partial charge on any atom is -0.372 e. The molecule has 0 aromatic carbocycles. The largest absolute Gasteiger partial charge is 0.372 e. The van der Waals surface area contributed by atoms with Crippen LogP contribution in [0, 0.1) is 6.92 Å². The lowest BCUT2D eigenvalue weighted by molar-refractivity contribution is -0.145. The number of likely N-dealkylation sites (tertiary alicyclic amines) is 1. The van der Waals surface area contributed by atoms with E-state index >= 15 is 0 Å². The highest BCUT2D eigenvalue weighted by molar-refractivity contribution is 5.78. The Hall–Kier alpha value is -1.40. The number of nitrogens with zero attached hydrogens (tertiary/aromatic N) is 4. The number of hydrogen-bond acceptors (Lipinski definition) is 4. The van der Waals surface area contributed by atoms with Crippen molar-refractivity contribution in [2.45, 2.75) is 39.0 Å². The second-order valence-corrected chi connectivity index (χ2v) is 6.40. The topological polar surface area (TPSA) is 50.6 Å². The number of hydrogen-bond donors (Lipinski definition) is 0. The second-order valence-electron chi connectivity index (χ2n) is 6.40. The van der Waals surface area contributed by atoms with Crippen LogP contribution in [-0.2, 0) is 9.53 Å². The lowest BCUT2D eigenvalue weighted by atomic mass is 10.1. The van der Waals surface area contributed by atoms with Gasteiger partial charge in [0.1, 0.15) is 0 Å². The van der Waals surface area contributed by atoms with E-state index in [1.54, 1.807) is 0 Å². The van der Waals surface area contributed by atoms with Crippen molar-refractivity contribution in [2.24, 2.45) is 0 Å². The summed E-state index contributed by atoms with van der Waals surface area (Å²) in [4.78, 5) is 16.5. The molecule has 6 heteroatoms. The van der Waals surface area contributed by atoms with Crippen molar-refractivity contribution in [2.75, 3.05) is 32.7 Å². The first-order valence-electron chi connectivity index (χ1n) is 7.67. The molecule has 2 atom stereocenters. The van der Waals surface area contributed by atoms with E-state index in [2.05, 4.69) is 16.2 Å². The standard InChI is InChI=1S/C15H24N4O2/c1-11-4-16-19(5-11)14-8-17(9-14)10-15(20)18-6-12(2)21-13(3)7-18/h4-5,12-14H,6-10H2,1-3H3/t12-,13+. The Kier molecular flexibility index (Phi) is 3.99. The summed E-state index contributed by atoms with van der Waals surface area (Å²) in [5.41, 5.74) is 1.18. The van der Waals surface area contributed by atoms with Gasteiger partial charge in [0, 0.05) is 32.4 Å². The zero-order valence-corrected chi connectivity index (χ0v) is 13.0. The predicted molar refractivity (Wildman–Crippen MR) is 79.0 cm³/mol. The SMILES string of the molecule is Cc1cnn(C2CN(CC(=O)N3C[C@@H](C)O[C@@H](C)C3)C2)c1. The first-order chi connectivity index (χ1) is 10.0. The van der Waals surface area contributed by atoms with Crippen LogP contribution < -0.4 is 0 Å². The van der Waals surface area contributed by atoms with Crippen LogP contribution in [0.1, 0.15) is 25.5 Å². The quantitative estimate of drug-likeness (QED) is 0.822. The molecule has 3 rings (SSSR count). The number of carbonyl (C=O) groups excluding carboxylic acids is 1. The third-order valence-electron chi connectivity index (χ3n) is 4.17. The van der Waals surface area contributed by atoms with Gasteiger partial charge in [-0.25, -0.2) is 0 Å². The maximum absolute atomic E-state index is 12.3. The molecule has 1 amide bonds. The Labute approximate surface area is 125 Å². The molecule has 2 aliphatic heterocycles. The zero-order chi connectivity index (χ0) is 15.0. The van der Waals surface area contributed by atoms with E-state index in [0.29, 0.717) is 25.7 Å². The molecule has 1 aromatic rings. The number of carbonyl (C=O) groups is 1. The minimum atomic E-state index is 0.133. The van der Waals surface area contributed by atoms with Crippen LogP contribution in [0.15, 0.2) is 12.4 Å². The van der Waals surface area contributed by atoms with Gasteiger partial charge in [0.05, 0.1) is 31.0 Å². The van der Waals surface area contributed by atoms with Gasteiger partial charge in [-0.3, -0.25) is 14.4 Å². The average Bonchev–Trinajstić information content (AvgIpc) is 2.78. The van der Waals surface area contributed by atoms with Crippen LogP contribution in [0.2, 0.25) is 0 Å². The molecule has 21 heavy (non-hydrogen) atoms. The maximum atomic E-state index is 12.3. The molecule has 2 fully saturated rings. The molecular formula is C15H24N4O2. The van der Waals surface area contributed by atoms with Crippen molar-refractivity contribution >= 4 is 5.91 Å². The molecular weight excluding hydrogens is 268 g/mol. The smallest absolute Gasteiger partial charge is 0.236 e. The van der Waals surface area contributed by atoms with Gasteiger partial charge in [-0.1, -0.05) is 0 Å². The predicted octanol–water partition coefficient (Wildman–Crippen LogP) is 0.684. The Morgan fingerprint density at radius 2 is 1.95 bits per heavy atom. The highest BCUT2D eigenvalue weighted by atomic mass is 16.5. The highest BCUT2D eigenvalue weighted by Crippen LogP contribution is 2.21. The van der Waals surface area contributed by atoms with Crippen LogP contribution in [-0.4, -0.2) is 70.4 Å². The van der Waals surface area contributed by atoms with E-state index in [0.717, 1.165) is 13.1 Å². The van der Waals surface area contributed by atoms with Gasteiger partial charge >= 0.3 is 0 Å². The van der Waals surface area contributed by atoms with Crippen LogP contribution in [0.25, 0.3) is 0 Å². The van der Waals surface area contributed by atoms with Gasteiger partial charge in [-0.15, -0.1) is 0 Å². The van der Waals surface area contributed by atoms with Crippen LogP contribution in [0.5, 0.6) is 0 Å². The third kappa shape index (κ3) is 3.27. The highest BCUT2D eigenvalue weighted by Gasteiger charge is 2.32. The van der Waals surface area contributed by atoms with E-state index in [-0.39, 0.29) is 18.1 Å². The van der Waals surface area contributed by atoms with E-state index in [1.807, 2.05) is 36.5 Å². The molecule has 116 valence electrons. The number of aryl methyl sites for hydroxylation is 1. The summed E-state index contributed by atoms with van der Waals surface area (Å²) in [5.74, 6) is 0.215. The van der Waals surface area contributed by atoms with Gasteiger partial charge in [-0.2, -0.15) is 5.10 Å². The van der Waals surface area contributed by atoms with Gasteiger partial charge < -0.3 is 9.64 Å². The summed E-state index contributed by atoms with van der Waals surface area (Å²) in [7, 11) is 0. The van der Waals surface area contributed by atoms with Crippen LogP contribution >= 0.6 is 0 Å². The summed E-state index contributed by atoms with van der Waals surface area (Å²) in [6.07, 6.45) is 4.21. The molecule has 3 heterocycles. The van der Waals surface area contributed by atoms with Crippen molar-refractivity contribution in [3.63, 3.8) is 0 Å². The molecule has 0 N–H and O–H groups in total. The Bertz CT molecular complexity index is 500. The fraction of sp³-hybridized carbons (Fsp3) is 0.733. The van der Waals surface area contributed by atoms with Gasteiger partial charge in [0.25, 0.3) is 0 Å². The molecule has 0 saturated carbocycles. The molecule has 0 bridgehead atoms. The van der Waals surface area contributed by atoms with Crippen LogP contribution in [0.3, 0.4) is 0 Å². The summed E-state index contributed by atoms with van der Waals surface area (Å²) >= 11 is 0. The molecule has 0 unspecified atom stereocenters. The zero-order valence-electron chi connectivity index (χ0n) is 13.0. The van der Waals surface area contributed by atoms with Crippen LogP contribution in [0.4, 0.5) is 0 Å². The summed E-state index contributed by atoms with van der Waals surface area (Å²) in [6, 6.07) is 0.411. The normalized spacial score (nSPS) is 27.7. The lowest BCUT2D eigenvalue weighted by Crippen LogP contribution is -2.55.